The Morgan fingerprint density at radius 3 is 2.35 bits per heavy atom. The smallest absolute Gasteiger partial charge is 0.220 e. The summed E-state index contributed by atoms with van der Waals surface area (Å²) in [6.45, 7) is 3.71. The quantitative estimate of drug-likeness (QED) is 0.512. The van der Waals surface area contributed by atoms with Gasteiger partial charge in [-0.3, -0.25) is 4.79 Å². The minimum atomic E-state index is -0.642. The molecule has 0 aromatic rings. The Kier molecular flexibility index (Phi) is 10.2. The molecule has 4 nitrogen and oxygen atoms in total. The largest absolute Gasteiger partial charge is 0.394 e. The monoisotopic (exact) mass is 245 g/mol. The summed E-state index contributed by atoms with van der Waals surface area (Å²) >= 11 is 0. The summed E-state index contributed by atoms with van der Waals surface area (Å²) < 4.78 is 0. The minimum Gasteiger partial charge on any atom is -0.394 e. The fraction of sp³-hybridized carbons (Fsp3) is 0.923. The summed E-state index contributed by atoms with van der Waals surface area (Å²) in [7, 11) is 0. The van der Waals surface area contributed by atoms with Crippen LogP contribution in [0.5, 0.6) is 0 Å². The first-order chi connectivity index (χ1) is 8.15. The van der Waals surface area contributed by atoms with E-state index >= 15 is 0 Å². The van der Waals surface area contributed by atoms with Crippen LogP contribution in [0, 0.1) is 0 Å². The van der Waals surface area contributed by atoms with Crippen molar-refractivity contribution in [1.29, 1.82) is 0 Å². The molecule has 17 heavy (non-hydrogen) atoms. The average molecular weight is 245 g/mol. The van der Waals surface area contributed by atoms with Gasteiger partial charge in [-0.1, -0.05) is 46.0 Å². The number of unbranched alkanes of at least 4 members (excludes halogenated alkanes) is 4. The van der Waals surface area contributed by atoms with Crippen molar-refractivity contribution in [2.75, 3.05) is 6.61 Å². The zero-order chi connectivity index (χ0) is 13.1. The maximum absolute atomic E-state index is 11.2. The first kappa shape index (κ1) is 16.4. The van der Waals surface area contributed by atoms with Crippen molar-refractivity contribution in [3.05, 3.63) is 0 Å². The molecule has 0 aliphatic rings. The van der Waals surface area contributed by atoms with Crippen LogP contribution in [0.3, 0.4) is 0 Å². The van der Waals surface area contributed by atoms with Gasteiger partial charge >= 0.3 is 0 Å². The lowest BCUT2D eigenvalue weighted by Crippen LogP contribution is -2.45. The molecular weight excluding hydrogens is 218 g/mol. The van der Waals surface area contributed by atoms with Gasteiger partial charge in [0, 0.05) is 6.42 Å². The maximum atomic E-state index is 11.2. The number of hydrogen-bond acceptors (Lipinski definition) is 3. The molecule has 2 atom stereocenters. The lowest BCUT2D eigenvalue weighted by atomic mass is 10.0. The van der Waals surface area contributed by atoms with E-state index in [1.54, 1.807) is 6.92 Å². The first-order valence-corrected chi connectivity index (χ1v) is 6.73. The van der Waals surface area contributed by atoms with Crippen molar-refractivity contribution in [2.24, 2.45) is 0 Å². The van der Waals surface area contributed by atoms with Crippen LogP contribution in [0.25, 0.3) is 0 Å². The molecule has 2 unspecified atom stereocenters. The van der Waals surface area contributed by atoms with E-state index in [-0.39, 0.29) is 12.5 Å². The van der Waals surface area contributed by atoms with E-state index in [9.17, 15) is 9.90 Å². The van der Waals surface area contributed by atoms with E-state index in [0.717, 1.165) is 12.8 Å². The van der Waals surface area contributed by atoms with Gasteiger partial charge in [-0.25, -0.2) is 0 Å². The van der Waals surface area contributed by atoms with Crippen LogP contribution >= 0.6 is 0 Å². The van der Waals surface area contributed by atoms with E-state index in [1.807, 2.05) is 0 Å². The van der Waals surface area contributed by atoms with Gasteiger partial charge in [0.05, 0.1) is 18.8 Å². The molecule has 3 N–H and O–H groups in total. The number of aliphatic hydroxyl groups excluding tert-OH is 2. The van der Waals surface area contributed by atoms with E-state index in [2.05, 4.69) is 12.2 Å². The van der Waals surface area contributed by atoms with E-state index in [4.69, 9.17) is 5.11 Å². The van der Waals surface area contributed by atoms with Gasteiger partial charge in [0.15, 0.2) is 0 Å². The Morgan fingerprint density at radius 1 is 1.18 bits per heavy atom. The molecule has 0 heterocycles. The third-order valence-electron chi connectivity index (χ3n) is 2.93. The molecule has 0 bridgehead atoms. The summed E-state index contributed by atoms with van der Waals surface area (Å²) in [6, 6.07) is -0.520. The molecule has 102 valence electrons. The zero-order valence-electron chi connectivity index (χ0n) is 11.1. The molecule has 0 rings (SSSR count). The molecule has 4 heteroatoms. The lowest BCUT2D eigenvalue weighted by molar-refractivity contribution is -0.122. The Morgan fingerprint density at radius 2 is 1.82 bits per heavy atom. The third-order valence-corrected chi connectivity index (χ3v) is 2.93. The Hall–Kier alpha value is -0.610. The minimum absolute atomic E-state index is 0.130. The predicted molar refractivity (Wildman–Crippen MR) is 68.7 cm³/mol. The van der Waals surface area contributed by atoms with Crippen molar-refractivity contribution < 1.29 is 15.0 Å². The van der Waals surface area contributed by atoms with Crippen LogP contribution in [0.2, 0.25) is 0 Å². The highest BCUT2D eigenvalue weighted by atomic mass is 16.3. The second-order valence-corrected chi connectivity index (χ2v) is 4.48. The Bertz CT molecular complexity index is 197. The maximum Gasteiger partial charge on any atom is 0.220 e. The van der Waals surface area contributed by atoms with Crippen LogP contribution in [0.15, 0.2) is 0 Å². The SMILES string of the molecule is CCCCCCCC(O)C(CO)NC(=O)CC. The molecule has 0 aliphatic heterocycles. The van der Waals surface area contributed by atoms with Crippen LogP contribution in [0.4, 0.5) is 0 Å². The standard InChI is InChI=1S/C13H27NO3/c1-3-5-6-7-8-9-12(16)11(10-15)14-13(17)4-2/h11-12,15-16H,3-10H2,1-2H3,(H,14,17). The average Bonchev–Trinajstić information content (AvgIpc) is 2.34. The van der Waals surface area contributed by atoms with Crippen LogP contribution in [-0.4, -0.2) is 34.9 Å². The molecule has 0 aliphatic carbocycles. The second kappa shape index (κ2) is 10.5. The van der Waals surface area contributed by atoms with Crippen LogP contribution in [-0.2, 0) is 4.79 Å². The molecule has 0 radical (unpaired) electrons. The molecule has 0 aromatic carbocycles. The molecule has 0 aromatic heterocycles. The number of amides is 1. The van der Waals surface area contributed by atoms with Gasteiger partial charge in [-0.15, -0.1) is 0 Å². The third kappa shape index (κ3) is 8.16. The van der Waals surface area contributed by atoms with Gasteiger partial charge in [0.1, 0.15) is 0 Å². The number of carbonyl (C=O) groups is 1. The lowest BCUT2D eigenvalue weighted by Gasteiger charge is -2.22. The van der Waals surface area contributed by atoms with Gasteiger partial charge < -0.3 is 15.5 Å². The Labute approximate surface area is 104 Å². The fourth-order valence-electron chi connectivity index (χ4n) is 1.73. The normalized spacial score (nSPS) is 14.4. The molecular formula is C13H27NO3. The highest BCUT2D eigenvalue weighted by Gasteiger charge is 2.19. The van der Waals surface area contributed by atoms with Crippen molar-refractivity contribution in [3.63, 3.8) is 0 Å². The van der Waals surface area contributed by atoms with Gasteiger partial charge in [0.2, 0.25) is 5.91 Å². The first-order valence-electron chi connectivity index (χ1n) is 6.73. The van der Waals surface area contributed by atoms with Crippen molar-refractivity contribution in [2.45, 2.75) is 70.9 Å². The van der Waals surface area contributed by atoms with E-state index in [1.165, 1.54) is 19.3 Å². The van der Waals surface area contributed by atoms with E-state index < -0.39 is 12.1 Å². The van der Waals surface area contributed by atoms with Gasteiger partial charge in [-0.2, -0.15) is 0 Å². The number of nitrogens with one attached hydrogen (secondary N) is 1. The highest BCUT2D eigenvalue weighted by Crippen LogP contribution is 2.09. The highest BCUT2D eigenvalue weighted by molar-refractivity contribution is 5.75. The van der Waals surface area contributed by atoms with Gasteiger partial charge in [0.25, 0.3) is 0 Å². The summed E-state index contributed by atoms with van der Waals surface area (Å²) in [5.41, 5.74) is 0. The molecule has 1 amide bonds. The summed E-state index contributed by atoms with van der Waals surface area (Å²) in [5.74, 6) is -0.130. The molecule has 0 saturated heterocycles. The molecule has 0 saturated carbocycles. The summed E-state index contributed by atoms with van der Waals surface area (Å²) in [6.07, 6.45) is 6.04. The van der Waals surface area contributed by atoms with Crippen LogP contribution < -0.4 is 5.32 Å². The number of hydrogen-bond donors (Lipinski definition) is 3. The molecule has 0 spiro atoms. The van der Waals surface area contributed by atoms with Crippen molar-refractivity contribution >= 4 is 5.91 Å². The zero-order valence-corrected chi connectivity index (χ0v) is 11.1. The second-order valence-electron chi connectivity index (χ2n) is 4.48. The topological polar surface area (TPSA) is 69.6 Å². The predicted octanol–water partition coefficient (Wildman–Crippen LogP) is 1.59. The number of rotatable bonds is 10. The summed E-state index contributed by atoms with van der Waals surface area (Å²) in [4.78, 5) is 11.2. The fourth-order valence-corrected chi connectivity index (χ4v) is 1.73. The summed E-state index contributed by atoms with van der Waals surface area (Å²) in [5, 5.41) is 21.6. The van der Waals surface area contributed by atoms with Gasteiger partial charge in [-0.05, 0) is 6.42 Å². The molecule has 0 fully saturated rings. The number of carbonyl (C=O) groups excluding carboxylic acids is 1. The van der Waals surface area contributed by atoms with Crippen molar-refractivity contribution in [1.82, 2.24) is 5.32 Å². The van der Waals surface area contributed by atoms with E-state index in [0.29, 0.717) is 12.8 Å². The van der Waals surface area contributed by atoms with Crippen molar-refractivity contribution in [3.8, 4) is 0 Å². The number of aliphatic hydroxyl groups is 2. The van der Waals surface area contributed by atoms with Crippen LogP contribution in [0.1, 0.15) is 58.8 Å². The Balaban J connectivity index is 3.75.